The lowest BCUT2D eigenvalue weighted by atomic mass is 9.82. The predicted octanol–water partition coefficient (Wildman–Crippen LogP) is 13.8. The topological polar surface area (TPSA) is 30.7 Å². The summed E-state index contributed by atoms with van der Waals surface area (Å²) in [7, 11) is 0. The van der Waals surface area contributed by atoms with Crippen LogP contribution in [-0.2, 0) is 6.42 Å². The molecule has 0 N–H and O–H groups in total. The van der Waals surface area contributed by atoms with Crippen LogP contribution in [0.15, 0.2) is 144 Å². The zero-order valence-electron chi connectivity index (χ0n) is 30.5. The molecule has 1 aliphatic heterocycles. The number of thiophene rings is 1. The van der Waals surface area contributed by atoms with Gasteiger partial charge in [0.05, 0.1) is 26.9 Å². The average molecular weight is 752 g/mol. The summed E-state index contributed by atoms with van der Waals surface area (Å²) in [6.45, 7) is 2.30. The summed E-state index contributed by atoms with van der Waals surface area (Å²) in [6, 6.07) is 47.2. The van der Waals surface area contributed by atoms with Crippen LogP contribution >= 0.6 is 23.1 Å². The Morgan fingerprint density at radius 1 is 0.661 bits per heavy atom. The lowest BCUT2D eigenvalue weighted by Gasteiger charge is -2.23. The van der Waals surface area contributed by atoms with Crippen LogP contribution in [0.2, 0.25) is 0 Å². The summed E-state index contributed by atoms with van der Waals surface area (Å²) in [5.41, 5.74) is 12.2. The fourth-order valence-corrected chi connectivity index (χ4v) is 12.7. The Morgan fingerprint density at radius 2 is 1.45 bits per heavy atom. The number of fused-ring (bicyclic) bond motifs is 18. The number of aromatic nitrogens is 3. The summed E-state index contributed by atoms with van der Waals surface area (Å²) in [5, 5.41) is 9.12. The number of thioether (sulfide) groups is 1. The van der Waals surface area contributed by atoms with Crippen molar-refractivity contribution in [2.75, 3.05) is 0 Å². The fourth-order valence-electron chi connectivity index (χ4n) is 10.0. The first kappa shape index (κ1) is 31.2. The van der Waals surface area contributed by atoms with Crippen molar-refractivity contribution in [3.05, 3.63) is 167 Å². The molecule has 5 heteroatoms. The molecule has 0 spiro atoms. The van der Waals surface area contributed by atoms with E-state index in [0.29, 0.717) is 23.0 Å². The first-order valence-electron chi connectivity index (χ1n) is 19.5. The Hall–Kier alpha value is -6.01. The normalized spacial score (nSPS) is 18.3. The highest BCUT2D eigenvalue weighted by atomic mass is 32.2. The second-order valence-electron chi connectivity index (χ2n) is 15.7. The third-order valence-corrected chi connectivity index (χ3v) is 15.0. The Morgan fingerprint density at radius 3 is 2.36 bits per heavy atom. The number of benzene rings is 7. The van der Waals surface area contributed by atoms with E-state index in [0.717, 1.165) is 34.1 Å². The maximum atomic E-state index is 5.68. The van der Waals surface area contributed by atoms with Gasteiger partial charge in [0.15, 0.2) is 0 Å². The summed E-state index contributed by atoms with van der Waals surface area (Å²) >= 11 is 3.87. The molecule has 0 saturated heterocycles. The molecule has 7 aromatic carbocycles. The Kier molecular flexibility index (Phi) is 6.42. The summed E-state index contributed by atoms with van der Waals surface area (Å²) in [4.78, 5) is 12.7. The molecular formula is C51H33N3S2. The number of rotatable bonds is 2. The first-order chi connectivity index (χ1) is 27.7. The van der Waals surface area contributed by atoms with Gasteiger partial charge in [0.1, 0.15) is 0 Å². The van der Waals surface area contributed by atoms with E-state index in [1.165, 1.54) is 79.9 Å². The zero-order valence-corrected chi connectivity index (χ0v) is 32.2. The van der Waals surface area contributed by atoms with Crippen molar-refractivity contribution in [2.24, 2.45) is 5.92 Å². The van der Waals surface area contributed by atoms with E-state index in [4.69, 9.17) is 9.97 Å². The van der Waals surface area contributed by atoms with Crippen molar-refractivity contribution in [2.45, 2.75) is 29.4 Å². The SMILES string of the molecule is CC1C=Cc2c(ccc3c(-c4ccc5c(c4)SC4C=Cc6ccccc6C54)nc(-n4c5ccccc5c5c6ccccc6c6c7ccccc7sc6c54)nc23)C1. The first-order valence-corrected chi connectivity index (χ1v) is 21.2. The Bertz CT molecular complexity index is 3420. The van der Waals surface area contributed by atoms with Gasteiger partial charge >= 0.3 is 0 Å². The van der Waals surface area contributed by atoms with Crippen LogP contribution in [0, 0.1) is 5.92 Å². The van der Waals surface area contributed by atoms with Gasteiger partial charge in [-0.3, -0.25) is 4.57 Å². The maximum absolute atomic E-state index is 5.68. The van der Waals surface area contributed by atoms with Crippen LogP contribution in [0.5, 0.6) is 0 Å². The highest BCUT2D eigenvalue weighted by molar-refractivity contribution is 8.00. The fraction of sp³-hybridized carbons (Fsp3) is 0.0980. The molecule has 10 aromatic rings. The van der Waals surface area contributed by atoms with Crippen molar-refractivity contribution < 1.29 is 0 Å². The average Bonchev–Trinajstić information content (AvgIpc) is 3.93. The summed E-state index contributed by atoms with van der Waals surface area (Å²) in [5.74, 6) is 1.56. The molecule has 56 heavy (non-hydrogen) atoms. The minimum absolute atomic E-state index is 0.359. The second kappa shape index (κ2) is 11.5. The Balaban J connectivity index is 1.13. The van der Waals surface area contributed by atoms with Crippen LogP contribution in [0.3, 0.4) is 0 Å². The van der Waals surface area contributed by atoms with E-state index >= 15 is 0 Å². The Labute approximate surface area is 331 Å². The summed E-state index contributed by atoms with van der Waals surface area (Å²) < 4.78 is 4.94. The van der Waals surface area contributed by atoms with Gasteiger partial charge < -0.3 is 0 Å². The van der Waals surface area contributed by atoms with Crippen LogP contribution < -0.4 is 0 Å². The van der Waals surface area contributed by atoms with E-state index in [-0.39, 0.29) is 0 Å². The van der Waals surface area contributed by atoms with E-state index in [2.05, 4.69) is 163 Å². The zero-order chi connectivity index (χ0) is 36.6. The highest BCUT2D eigenvalue weighted by Gasteiger charge is 2.36. The monoisotopic (exact) mass is 751 g/mol. The molecular weight excluding hydrogens is 719 g/mol. The van der Waals surface area contributed by atoms with Crippen LogP contribution in [0.25, 0.3) is 93.0 Å². The van der Waals surface area contributed by atoms with Gasteiger partial charge in [0.2, 0.25) is 5.95 Å². The quantitative estimate of drug-likeness (QED) is 0.176. The van der Waals surface area contributed by atoms with Crippen molar-refractivity contribution in [3.63, 3.8) is 0 Å². The number of allylic oxidation sites excluding steroid dienone is 1. The molecule has 4 heterocycles. The molecule has 0 saturated carbocycles. The lowest BCUT2D eigenvalue weighted by Crippen LogP contribution is -2.13. The minimum Gasteiger partial charge on any atom is -0.276 e. The molecule has 2 aliphatic carbocycles. The van der Waals surface area contributed by atoms with Gasteiger partial charge in [0.25, 0.3) is 0 Å². The summed E-state index contributed by atoms with van der Waals surface area (Å²) in [6.07, 6.45) is 10.4. The predicted molar refractivity (Wildman–Crippen MR) is 239 cm³/mol. The van der Waals surface area contributed by atoms with Crippen molar-refractivity contribution >= 4 is 98.9 Å². The van der Waals surface area contributed by atoms with Gasteiger partial charge in [-0.15, -0.1) is 23.1 Å². The van der Waals surface area contributed by atoms with E-state index in [1.807, 2.05) is 23.1 Å². The van der Waals surface area contributed by atoms with Crippen LogP contribution in [0.4, 0.5) is 0 Å². The van der Waals surface area contributed by atoms with Crippen molar-refractivity contribution in [1.29, 1.82) is 0 Å². The van der Waals surface area contributed by atoms with Crippen LogP contribution in [0.1, 0.15) is 40.7 Å². The van der Waals surface area contributed by atoms with Gasteiger partial charge in [0, 0.05) is 58.8 Å². The van der Waals surface area contributed by atoms with Gasteiger partial charge in [-0.25, -0.2) is 9.97 Å². The van der Waals surface area contributed by atoms with Gasteiger partial charge in [-0.05, 0) is 63.6 Å². The molecule has 0 fully saturated rings. The molecule has 0 bridgehead atoms. The van der Waals surface area contributed by atoms with Crippen molar-refractivity contribution in [3.8, 4) is 17.2 Å². The molecule has 3 aliphatic rings. The molecule has 13 rings (SSSR count). The standard InChI is InChI=1S/C51H33N3S2/c1-28-18-22-33-30(26-28)19-24-39-47(31-20-23-38-43(27-31)55-42-25-21-29-10-2-3-11-32(29)44(38)42)52-51(53-48(33)39)54-40-16-8-6-14-36(40)45-34-12-4-5-13-35(34)46-37-15-7-9-17-41(37)56-50(46)49(45)54/h2-25,27-28,42,44H,26H2,1H3. The molecule has 3 aromatic heterocycles. The molecule has 3 unspecified atom stereocenters. The third kappa shape index (κ3) is 4.25. The molecule has 0 radical (unpaired) electrons. The number of hydrogen-bond acceptors (Lipinski definition) is 4. The molecule has 0 amide bonds. The smallest absolute Gasteiger partial charge is 0.235 e. The van der Waals surface area contributed by atoms with Gasteiger partial charge in [-0.2, -0.15) is 0 Å². The molecule has 3 nitrogen and oxygen atoms in total. The maximum Gasteiger partial charge on any atom is 0.235 e. The molecule has 3 atom stereocenters. The third-order valence-electron chi connectivity index (χ3n) is 12.5. The van der Waals surface area contributed by atoms with E-state index in [9.17, 15) is 0 Å². The van der Waals surface area contributed by atoms with E-state index in [1.54, 1.807) is 0 Å². The van der Waals surface area contributed by atoms with Gasteiger partial charge in [-0.1, -0.05) is 140 Å². The van der Waals surface area contributed by atoms with Crippen LogP contribution in [-0.4, -0.2) is 19.8 Å². The largest absolute Gasteiger partial charge is 0.276 e. The van der Waals surface area contributed by atoms with E-state index < -0.39 is 0 Å². The number of para-hydroxylation sites is 1. The number of hydrogen-bond donors (Lipinski definition) is 0. The lowest BCUT2D eigenvalue weighted by molar-refractivity contribution is 0.718. The second-order valence-corrected chi connectivity index (χ2v) is 17.9. The van der Waals surface area contributed by atoms with Crippen molar-refractivity contribution in [1.82, 2.24) is 14.5 Å². The molecule has 264 valence electrons. The number of nitrogens with zero attached hydrogens (tertiary/aromatic N) is 3. The minimum atomic E-state index is 0.359. The highest BCUT2D eigenvalue weighted by Crippen LogP contribution is 2.53.